The lowest BCUT2D eigenvalue weighted by Gasteiger charge is -2.27. The van der Waals surface area contributed by atoms with Gasteiger partial charge in [0.2, 0.25) is 0 Å². The van der Waals surface area contributed by atoms with Crippen LogP contribution in [0, 0.1) is 31.1 Å². The molecule has 1 heterocycles. The Morgan fingerprint density at radius 1 is 1.38 bits per heavy atom. The van der Waals surface area contributed by atoms with Crippen LogP contribution in [0.5, 0.6) is 0 Å². The number of aromatic nitrogens is 1. The third-order valence-electron chi connectivity index (χ3n) is 4.39. The van der Waals surface area contributed by atoms with Gasteiger partial charge in [0.1, 0.15) is 0 Å². The molecule has 0 saturated heterocycles. The van der Waals surface area contributed by atoms with Crippen LogP contribution in [-0.4, -0.2) is 16.7 Å². The molecular weight excluding hydrogens is 218 g/mol. The molecule has 3 rings (SSSR count). The van der Waals surface area contributed by atoms with Crippen molar-refractivity contribution < 1.29 is 5.11 Å². The first-order valence-corrected chi connectivity index (χ1v) is 6.97. The molecule has 2 saturated carbocycles. The summed E-state index contributed by atoms with van der Waals surface area (Å²) in [5, 5.41) is 10.9. The van der Waals surface area contributed by atoms with Gasteiger partial charge in [0.15, 0.2) is 0 Å². The molecule has 2 fully saturated rings. The van der Waals surface area contributed by atoms with Crippen molar-refractivity contribution in [2.45, 2.75) is 39.5 Å². The van der Waals surface area contributed by atoms with Crippen LogP contribution in [0.25, 0.3) is 0 Å². The van der Waals surface area contributed by atoms with Crippen molar-refractivity contribution in [1.82, 2.24) is 4.98 Å². The Kier molecular flexibility index (Phi) is 2.37. The van der Waals surface area contributed by atoms with Crippen LogP contribution >= 0.6 is 11.3 Å². The van der Waals surface area contributed by atoms with Gasteiger partial charge in [-0.1, -0.05) is 0 Å². The maximum atomic E-state index is 9.67. The highest BCUT2D eigenvalue weighted by molar-refractivity contribution is 7.11. The minimum Gasteiger partial charge on any atom is -0.396 e. The first-order valence-electron chi connectivity index (χ1n) is 6.16. The quantitative estimate of drug-likeness (QED) is 0.877. The lowest BCUT2D eigenvalue weighted by atomic mass is 9.81. The first kappa shape index (κ1) is 10.7. The summed E-state index contributed by atoms with van der Waals surface area (Å²) in [6.45, 7) is 4.55. The van der Waals surface area contributed by atoms with Gasteiger partial charge < -0.3 is 5.11 Å². The zero-order valence-electron chi connectivity index (χ0n) is 9.99. The Balaban J connectivity index is 1.77. The third-order valence-corrected chi connectivity index (χ3v) is 5.47. The van der Waals surface area contributed by atoms with Gasteiger partial charge in [-0.3, -0.25) is 0 Å². The van der Waals surface area contributed by atoms with Crippen LogP contribution in [0.3, 0.4) is 0 Å². The summed E-state index contributed by atoms with van der Waals surface area (Å²) in [5.74, 6) is 1.85. The number of fused-ring (bicyclic) bond motifs is 1. The van der Waals surface area contributed by atoms with Gasteiger partial charge in [0.25, 0.3) is 0 Å². The first-order chi connectivity index (χ1) is 7.62. The maximum Gasteiger partial charge on any atom is 0.0937 e. The third kappa shape index (κ3) is 1.70. The van der Waals surface area contributed by atoms with Gasteiger partial charge in [0, 0.05) is 23.3 Å². The minimum absolute atomic E-state index is 0.171. The second-order valence-corrected chi connectivity index (χ2v) is 7.04. The highest BCUT2D eigenvalue weighted by Gasteiger charge is 2.53. The van der Waals surface area contributed by atoms with E-state index in [-0.39, 0.29) is 5.41 Å². The molecule has 2 atom stereocenters. The molecule has 1 aromatic heterocycles. The fraction of sp³-hybridized carbons (Fsp3) is 0.769. The van der Waals surface area contributed by atoms with E-state index in [1.807, 2.05) is 11.3 Å². The van der Waals surface area contributed by atoms with Gasteiger partial charge in [-0.2, -0.15) is 0 Å². The van der Waals surface area contributed by atoms with Gasteiger partial charge in [0.05, 0.1) is 10.7 Å². The van der Waals surface area contributed by atoms with Crippen LogP contribution in [-0.2, 0) is 6.42 Å². The Labute approximate surface area is 101 Å². The van der Waals surface area contributed by atoms with Crippen molar-refractivity contribution in [3.05, 3.63) is 15.6 Å². The number of rotatable bonds is 3. The van der Waals surface area contributed by atoms with Crippen molar-refractivity contribution in [3.8, 4) is 0 Å². The molecule has 3 heteroatoms. The number of hydrogen-bond donors (Lipinski definition) is 1. The van der Waals surface area contributed by atoms with Crippen molar-refractivity contribution >= 4 is 11.3 Å². The van der Waals surface area contributed by atoms with E-state index in [0.29, 0.717) is 6.61 Å². The molecule has 0 radical (unpaired) electrons. The molecule has 0 aromatic carbocycles. The summed E-state index contributed by atoms with van der Waals surface area (Å²) in [6.07, 6.45) is 4.87. The maximum absolute atomic E-state index is 9.67. The largest absolute Gasteiger partial charge is 0.396 e. The molecule has 2 nitrogen and oxygen atoms in total. The van der Waals surface area contributed by atoms with Crippen molar-refractivity contribution in [1.29, 1.82) is 0 Å². The summed E-state index contributed by atoms with van der Waals surface area (Å²) in [7, 11) is 0. The van der Waals surface area contributed by atoms with Gasteiger partial charge in [-0.05, 0) is 44.9 Å². The molecule has 0 bridgehead atoms. The molecule has 1 N–H and O–H groups in total. The average molecular weight is 237 g/mol. The predicted molar refractivity (Wildman–Crippen MR) is 65.6 cm³/mol. The molecule has 2 aliphatic rings. The summed E-state index contributed by atoms with van der Waals surface area (Å²) in [4.78, 5) is 5.94. The van der Waals surface area contributed by atoms with Crippen LogP contribution in [0.4, 0.5) is 0 Å². The Bertz CT molecular complexity index is 383. The number of thiazole rings is 1. The zero-order chi connectivity index (χ0) is 11.3. The lowest BCUT2D eigenvalue weighted by Crippen LogP contribution is -2.26. The highest BCUT2D eigenvalue weighted by atomic mass is 32.1. The normalized spacial score (nSPS) is 36.4. The molecule has 16 heavy (non-hydrogen) atoms. The topological polar surface area (TPSA) is 33.1 Å². The summed E-state index contributed by atoms with van der Waals surface area (Å²) >= 11 is 1.81. The van der Waals surface area contributed by atoms with E-state index in [2.05, 4.69) is 18.8 Å². The van der Waals surface area contributed by atoms with Gasteiger partial charge in [-0.15, -0.1) is 11.3 Å². The lowest BCUT2D eigenvalue weighted by molar-refractivity contribution is 0.117. The van der Waals surface area contributed by atoms with E-state index in [4.69, 9.17) is 0 Å². The van der Waals surface area contributed by atoms with Crippen LogP contribution in [0.1, 0.15) is 34.8 Å². The molecule has 88 valence electrons. The summed E-state index contributed by atoms with van der Waals surface area (Å²) < 4.78 is 0. The highest BCUT2D eigenvalue weighted by Crippen LogP contribution is 2.60. The monoisotopic (exact) mass is 237 g/mol. The zero-order valence-corrected chi connectivity index (χ0v) is 10.8. The number of nitrogens with zero attached hydrogens (tertiary/aromatic N) is 1. The molecular formula is C13H19NOS. The fourth-order valence-corrected chi connectivity index (χ4v) is 4.38. The summed E-state index contributed by atoms with van der Waals surface area (Å²) in [6, 6.07) is 0. The van der Waals surface area contributed by atoms with Crippen LogP contribution in [0.15, 0.2) is 0 Å². The van der Waals surface area contributed by atoms with E-state index in [1.165, 1.54) is 29.1 Å². The van der Waals surface area contributed by atoms with Crippen molar-refractivity contribution in [3.63, 3.8) is 0 Å². The fourth-order valence-electron chi connectivity index (χ4n) is 3.27. The Hall–Kier alpha value is -0.410. The number of aliphatic hydroxyl groups is 1. The smallest absolute Gasteiger partial charge is 0.0937 e. The molecule has 2 aliphatic carbocycles. The summed E-state index contributed by atoms with van der Waals surface area (Å²) in [5.41, 5.74) is 1.33. The minimum atomic E-state index is 0.171. The van der Waals surface area contributed by atoms with E-state index >= 15 is 0 Å². The van der Waals surface area contributed by atoms with Gasteiger partial charge >= 0.3 is 0 Å². The Morgan fingerprint density at radius 2 is 2.06 bits per heavy atom. The Morgan fingerprint density at radius 3 is 2.56 bits per heavy atom. The average Bonchev–Trinajstić information content (AvgIpc) is 2.73. The standard InChI is InChI=1S/C13H19NOS/c1-8-9(2)16-12(14-8)6-13(7-15)4-10-3-11(10)5-13/h10-11,15H,3-7H2,1-2H3. The van der Waals surface area contributed by atoms with Crippen LogP contribution < -0.4 is 0 Å². The number of aliphatic hydroxyl groups excluding tert-OH is 1. The number of aryl methyl sites for hydroxylation is 2. The second-order valence-electron chi connectivity index (χ2n) is 5.75. The van der Waals surface area contributed by atoms with Gasteiger partial charge in [-0.25, -0.2) is 4.98 Å². The molecule has 0 aliphatic heterocycles. The molecule has 2 unspecified atom stereocenters. The molecule has 0 amide bonds. The van der Waals surface area contributed by atoms with Crippen LogP contribution in [0.2, 0.25) is 0 Å². The predicted octanol–water partition coefficient (Wildman–Crippen LogP) is 2.71. The van der Waals surface area contributed by atoms with Crippen molar-refractivity contribution in [2.75, 3.05) is 6.61 Å². The second kappa shape index (κ2) is 3.54. The van der Waals surface area contributed by atoms with E-state index < -0.39 is 0 Å². The van der Waals surface area contributed by atoms with E-state index in [1.54, 1.807) is 0 Å². The molecule has 0 spiro atoms. The van der Waals surface area contributed by atoms with E-state index in [9.17, 15) is 5.11 Å². The van der Waals surface area contributed by atoms with E-state index in [0.717, 1.165) is 24.0 Å². The van der Waals surface area contributed by atoms with Crippen molar-refractivity contribution in [2.24, 2.45) is 17.3 Å². The number of hydrogen-bond acceptors (Lipinski definition) is 3. The molecule has 1 aromatic rings. The SMILES string of the molecule is Cc1nc(CC2(CO)CC3CC3C2)sc1C.